The van der Waals surface area contributed by atoms with Crippen LogP contribution in [0.1, 0.15) is 53.5 Å². The summed E-state index contributed by atoms with van der Waals surface area (Å²) in [5, 5.41) is 0. The first-order valence-corrected chi connectivity index (χ1v) is 14.0. The Kier molecular flexibility index (Phi) is 7.70. The summed E-state index contributed by atoms with van der Waals surface area (Å²) in [5.74, 6) is -1.06. The molecule has 9 heteroatoms. The lowest BCUT2D eigenvalue weighted by Gasteiger charge is -2.35. The predicted molar refractivity (Wildman–Crippen MR) is 138 cm³/mol. The number of carbonyl (C=O) groups is 2. The molecule has 0 unspecified atom stereocenters. The van der Waals surface area contributed by atoms with Crippen molar-refractivity contribution >= 4 is 27.5 Å². The monoisotopic (exact) mass is 513 g/mol. The van der Waals surface area contributed by atoms with Gasteiger partial charge in [-0.3, -0.25) is 4.79 Å². The third-order valence-electron chi connectivity index (χ3n) is 7.40. The first-order chi connectivity index (χ1) is 17.2. The van der Waals surface area contributed by atoms with Gasteiger partial charge in [-0.25, -0.2) is 13.2 Å². The van der Waals surface area contributed by atoms with Crippen LogP contribution in [0.4, 0.5) is 0 Å². The van der Waals surface area contributed by atoms with E-state index in [4.69, 9.17) is 4.74 Å². The third-order valence-corrected chi connectivity index (χ3v) is 9.43. The van der Waals surface area contributed by atoms with Crippen molar-refractivity contribution in [3.05, 3.63) is 58.9 Å². The molecule has 0 saturated carbocycles. The van der Waals surface area contributed by atoms with Crippen LogP contribution < -0.4 is 0 Å². The molecular weight excluding hydrogens is 478 g/mol. The number of piperidine rings is 1. The Hall–Kier alpha value is -2.91. The van der Waals surface area contributed by atoms with Gasteiger partial charge in [0.25, 0.3) is 0 Å². The van der Waals surface area contributed by atoms with E-state index in [-0.39, 0.29) is 29.5 Å². The van der Waals surface area contributed by atoms with E-state index >= 15 is 0 Å². The molecule has 2 aromatic rings. The molecule has 1 amide bonds. The summed E-state index contributed by atoms with van der Waals surface area (Å²) < 4.78 is 35.9. The highest BCUT2D eigenvalue weighted by Gasteiger charge is 2.39. The van der Waals surface area contributed by atoms with E-state index in [0.717, 1.165) is 6.42 Å². The van der Waals surface area contributed by atoms with Gasteiger partial charge in [0.15, 0.2) is 0 Å². The van der Waals surface area contributed by atoms with Crippen molar-refractivity contribution in [1.82, 2.24) is 13.8 Å². The van der Waals surface area contributed by atoms with Gasteiger partial charge in [0.1, 0.15) is 10.5 Å². The maximum atomic E-state index is 13.8. The lowest BCUT2D eigenvalue weighted by atomic mass is 9.95. The molecule has 1 fully saturated rings. The molecule has 3 heterocycles. The molecule has 0 spiro atoms. The van der Waals surface area contributed by atoms with Crippen LogP contribution >= 0.6 is 0 Å². The summed E-state index contributed by atoms with van der Waals surface area (Å²) in [6, 6.07) is 10.2. The summed E-state index contributed by atoms with van der Waals surface area (Å²) in [7, 11) is -2.26. The van der Waals surface area contributed by atoms with Gasteiger partial charge in [-0.15, -0.1) is 0 Å². The maximum absolute atomic E-state index is 13.8. The number of carbonyl (C=O) groups excluding carboxylic acids is 2. The minimum Gasteiger partial charge on any atom is -0.462 e. The normalized spacial score (nSPS) is 19.2. The fourth-order valence-corrected chi connectivity index (χ4v) is 7.21. The Balaban J connectivity index is 1.53. The second kappa shape index (κ2) is 10.6. The van der Waals surface area contributed by atoms with Gasteiger partial charge in [0.2, 0.25) is 15.9 Å². The summed E-state index contributed by atoms with van der Waals surface area (Å²) in [6.45, 7) is 6.83. The first kappa shape index (κ1) is 26.2. The second-order valence-corrected chi connectivity index (χ2v) is 11.4. The topological polar surface area (TPSA) is 88.9 Å². The number of sulfonamides is 1. The summed E-state index contributed by atoms with van der Waals surface area (Å²) in [4.78, 5) is 27.9. The van der Waals surface area contributed by atoms with Gasteiger partial charge in [0.05, 0.1) is 12.5 Å². The van der Waals surface area contributed by atoms with Crippen molar-refractivity contribution in [1.29, 1.82) is 0 Å². The Morgan fingerprint density at radius 1 is 1.08 bits per heavy atom. The number of hydrogen-bond acceptors (Lipinski definition) is 5. The largest absolute Gasteiger partial charge is 0.462 e. The number of ether oxygens (including phenoxy) is 1. The number of aromatic nitrogens is 1. The van der Waals surface area contributed by atoms with E-state index in [0.29, 0.717) is 43.9 Å². The maximum Gasteiger partial charge on any atom is 0.341 e. The van der Waals surface area contributed by atoms with Crippen LogP contribution in [-0.4, -0.2) is 66.9 Å². The zero-order valence-electron chi connectivity index (χ0n) is 21.5. The smallest absolute Gasteiger partial charge is 0.341 e. The molecule has 8 nitrogen and oxygen atoms in total. The molecule has 2 aliphatic heterocycles. The highest BCUT2D eigenvalue weighted by atomic mass is 32.2. The fourth-order valence-electron chi connectivity index (χ4n) is 5.21. The van der Waals surface area contributed by atoms with Crippen LogP contribution in [0.5, 0.6) is 0 Å². The van der Waals surface area contributed by atoms with Crippen molar-refractivity contribution in [2.45, 2.75) is 44.9 Å². The van der Waals surface area contributed by atoms with Gasteiger partial charge in [-0.1, -0.05) is 36.4 Å². The highest BCUT2D eigenvalue weighted by Crippen LogP contribution is 2.33. The van der Waals surface area contributed by atoms with Crippen LogP contribution in [0.2, 0.25) is 0 Å². The van der Waals surface area contributed by atoms with Crippen LogP contribution in [0, 0.1) is 19.8 Å². The number of benzene rings is 1. The van der Waals surface area contributed by atoms with Gasteiger partial charge < -0.3 is 14.2 Å². The number of esters is 1. The Morgan fingerprint density at radius 3 is 2.44 bits per heavy atom. The molecule has 1 atom stereocenters. The van der Waals surface area contributed by atoms with Crippen LogP contribution in [-0.2, 0) is 26.6 Å². The van der Waals surface area contributed by atoms with Crippen molar-refractivity contribution in [2.24, 2.45) is 13.0 Å². The number of amides is 1. The summed E-state index contributed by atoms with van der Waals surface area (Å²) in [6.07, 6.45) is 4.11. The number of hydrogen-bond donors (Lipinski definition) is 0. The molecule has 1 saturated heterocycles. The lowest BCUT2D eigenvalue weighted by Crippen LogP contribution is -2.47. The van der Waals surface area contributed by atoms with E-state index in [1.54, 1.807) is 32.4 Å². The van der Waals surface area contributed by atoms with E-state index in [1.165, 1.54) is 15.4 Å². The molecule has 0 radical (unpaired) electrons. The number of rotatable bonds is 6. The standard InChI is InChI=1S/C27H35N3O5S/c1-5-35-27(32)24-19(2)28(4)20(3)25(24)36(33,34)30-15-9-12-23(18-30)26(31)29-16-13-22(14-17-29)21-10-7-6-8-11-21/h6-8,10-11,13,23H,5,9,12,14-18H2,1-4H3/t23-/m1/s1. The van der Waals surface area contributed by atoms with Crippen molar-refractivity contribution < 1.29 is 22.7 Å². The Labute approximate surface area is 213 Å². The third kappa shape index (κ3) is 4.86. The Bertz CT molecular complexity index is 1280. The van der Waals surface area contributed by atoms with Crippen molar-refractivity contribution in [3.63, 3.8) is 0 Å². The van der Waals surface area contributed by atoms with Gasteiger partial charge in [0, 0.05) is 44.6 Å². The summed E-state index contributed by atoms with van der Waals surface area (Å²) in [5.41, 5.74) is 3.52. The Morgan fingerprint density at radius 2 is 1.81 bits per heavy atom. The average molecular weight is 514 g/mol. The molecular formula is C27H35N3O5S. The summed E-state index contributed by atoms with van der Waals surface area (Å²) >= 11 is 0. The molecule has 0 aliphatic carbocycles. The molecule has 0 bridgehead atoms. The van der Waals surface area contributed by atoms with E-state index in [1.807, 2.05) is 23.1 Å². The average Bonchev–Trinajstić information content (AvgIpc) is 3.13. The van der Waals surface area contributed by atoms with Crippen molar-refractivity contribution in [2.75, 3.05) is 32.8 Å². The van der Waals surface area contributed by atoms with Gasteiger partial charge in [-0.05, 0) is 51.2 Å². The SMILES string of the molecule is CCOC(=O)c1c(S(=O)(=O)N2CCC[C@@H](C(=O)N3CC=C(c4ccccc4)CC3)C2)c(C)n(C)c1C. The molecule has 36 heavy (non-hydrogen) atoms. The van der Waals surface area contributed by atoms with Crippen LogP contribution in [0.15, 0.2) is 41.3 Å². The predicted octanol–water partition coefficient (Wildman–Crippen LogP) is 3.54. The molecule has 194 valence electrons. The zero-order valence-corrected chi connectivity index (χ0v) is 22.3. The van der Waals surface area contributed by atoms with Crippen LogP contribution in [0.25, 0.3) is 5.57 Å². The molecule has 1 aromatic heterocycles. The number of nitrogens with zero attached hydrogens (tertiary/aromatic N) is 3. The van der Waals surface area contributed by atoms with E-state index in [2.05, 4.69) is 18.2 Å². The van der Waals surface area contributed by atoms with E-state index < -0.39 is 21.9 Å². The van der Waals surface area contributed by atoms with E-state index in [9.17, 15) is 18.0 Å². The molecule has 1 aromatic carbocycles. The fraction of sp³-hybridized carbons (Fsp3) is 0.481. The quantitative estimate of drug-likeness (QED) is 0.552. The van der Waals surface area contributed by atoms with Crippen molar-refractivity contribution in [3.8, 4) is 0 Å². The molecule has 0 N–H and O–H groups in total. The van der Waals surface area contributed by atoms with Gasteiger partial charge >= 0.3 is 5.97 Å². The minimum absolute atomic E-state index is 0.00941. The molecule has 4 rings (SSSR count). The zero-order chi connectivity index (χ0) is 26.0. The minimum atomic E-state index is -4.00. The second-order valence-electron chi connectivity index (χ2n) is 9.49. The molecule has 2 aliphatic rings. The van der Waals surface area contributed by atoms with Crippen LogP contribution in [0.3, 0.4) is 0 Å². The lowest BCUT2D eigenvalue weighted by molar-refractivity contribution is -0.136. The first-order valence-electron chi connectivity index (χ1n) is 12.5. The highest BCUT2D eigenvalue weighted by molar-refractivity contribution is 7.89. The van der Waals surface area contributed by atoms with Gasteiger partial charge in [-0.2, -0.15) is 4.31 Å².